The third-order valence-electron chi connectivity index (χ3n) is 7.84. The fourth-order valence-corrected chi connectivity index (χ4v) is 6.09. The molecule has 2 fully saturated rings. The fraction of sp³-hybridized carbons (Fsp3) is 0.241. The maximum absolute atomic E-state index is 5.36. The van der Waals surface area contributed by atoms with Crippen molar-refractivity contribution in [3.63, 3.8) is 0 Å². The molecule has 4 aromatic rings. The Morgan fingerprint density at radius 3 is 1.45 bits per heavy atom. The van der Waals surface area contributed by atoms with Crippen molar-refractivity contribution >= 4 is 26.7 Å². The number of hydrogen-bond donors (Lipinski definition) is 0. The summed E-state index contributed by atoms with van der Waals surface area (Å²) in [5, 5.41) is 0. The number of benzene rings is 2. The number of pyridine rings is 2. The average Bonchev–Trinajstić information content (AvgIpc) is 3.65. The summed E-state index contributed by atoms with van der Waals surface area (Å²) in [7, 11) is 8.51. The third-order valence-corrected chi connectivity index (χ3v) is 7.84. The van der Waals surface area contributed by atoms with Crippen LogP contribution in [0.3, 0.4) is 0 Å². The van der Waals surface area contributed by atoms with E-state index in [1.54, 1.807) is 0 Å². The molecule has 0 N–H and O–H groups in total. The van der Waals surface area contributed by atoms with Gasteiger partial charge >= 0.3 is 15.1 Å². The SMILES string of the molecule is CN1[B]N(c2cccc(C3(c4cccc(N5[B]N(C)CC5)n4)c4ccccc4-c4ccccc43)n2)CC1.[Pt]. The Morgan fingerprint density at radius 2 is 1.03 bits per heavy atom. The molecule has 3 aliphatic rings. The number of rotatable bonds is 4. The predicted molar refractivity (Wildman–Crippen MR) is 151 cm³/mol. The zero-order valence-corrected chi connectivity index (χ0v) is 23.8. The molecule has 38 heavy (non-hydrogen) atoms. The van der Waals surface area contributed by atoms with E-state index in [9.17, 15) is 0 Å². The van der Waals surface area contributed by atoms with E-state index in [2.05, 4.69) is 133 Å². The van der Waals surface area contributed by atoms with E-state index in [1.807, 2.05) is 0 Å². The summed E-state index contributed by atoms with van der Waals surface area (Å²) in [6.07, 6.45) is 0. The van der Waals surface area contributed by atoms with Crippen LogP contribution in [-0.4, -0.2) is 75.0 Å². The van der Waals surface area contributed by atoms with Crippen molar-refractivity contribution in [3.05, 3.63) is 107 Å². The summed E-state index contributed by atoms with van der Waals surface area (Å²) in [5.74, 6) is 1.93. The number of anilines is 2. The summed E-state index contributed by atoms with van der Waals surface area (Å²) < 4.78 is 0. The van der Waals surface area contributed by atoms with Crippen molar-refractivity contribution in [2.75, 3.05) is 49.9 Å². The largest absolute Gasteiger partial charge is 0.388 e. The van der Waals surface area contributed by atoms with Gasteiger partial charge in [0.05, 0.1) is 11.4 Å². The Kier molecular flexibility index (Phi) is 6.67. The molecule has 2 saturated heterocycles. The molecule has 0 spiro atoms. The first-order valence-electron chi connectivity index (χ1n) is 12.9. The van der Waals surface area contributed by atoms with Crippen molar-refractivity contribution in [1.29, 1.82) is 0 Å². The van der Waals surface area contributed by atoms with Crippen molar-refractivity contribution in [1.82, 2.24) is 19.6 Å². The minimum absolute atomic E-state index is 0. The molecular weight excluding hydrogens is 649 g/mol. The summed E-state index contributed by atoms with van der Waals surface area (Å²) in [5.41, 5.74) is 6.34. The van der Waals surface area contributed by atoms with Gasteiger partial charge < -0.3 is 19.2 Å². The van der Waals surface area contributed by atoms with Crippen LogP contribution in [0, 0.1) is 0 Å². The minimum Gasteiger partial charge on any atom is -0.388 e. The van der Waals surface area contributed by atoms with Gasteiger partial charge in [0, 0.05) is 47.2 Å². The quantitative estimate of drug-likeness (QED) is 0.272. The number of fused-ring (bicyclic) bond motifs is 3. The molecule has 7 rings (SSSR count). The molecule has 6 nitrogen and oxygen atoms in total. The first-order chi connectivity index (χ1) is 18.1. The zero-order valence-electron chi connectivity index (χ0n) is 21.6. The zero-order chi connectivity index (χ0) is 25.0. The standard InChI is InChI=1S/C29H28B2N6.Pt/c1-34-17-19-36(30-34)27-15-7-13-25(32-27)29(26-14-8-16-28(33-26)37-20-18-35(2)31-37)23-11-5-3-9-21(23)22-10-4-6-12-24(22)29;/h3-16H,17-20H2,1-2H3;. The molecule has 0 atom stereocenters. The molecule has 2 aliphatic heterocycles. The molecule has 2 radical (unpaired) electrons. The number of likely N-dealkylation sites (N-methyl/N-ethyl adjacent to an activating group) is 2. The molecule has 2 aromatic carbocycles. The van der Waals surface area contributed by atoms with E-state index in [-0.39, 0.29) is 21.1 Å². The van der Waals surface area contributed by atoms with Gasteiger partial charge in [-0.25, -0.2) is 9.97 Å². The molecule has 0 unspecified atom stereocenters. The molecule has 0 amide bonds. The van der Waals surface area contributed by atoms with Gasteiger partial charge in [0.1, 0.15) is 17.1 Å². The Labute approximate surface area is 240 Å². The molecule has 1 aliphatic carbocycles. The second-order valence-electron chi connectivity index (χ2n) is 10.2. The van der Waals surface area contributed by atoms with Crippen molar-refractivity contribution in [2.45, 2.75) is 5.41 Å². The van der Waals surface area contributed by atoms with E-state index in [1.165, 1.54) is 22.3 Å². The van der Waals surface area contributed by atoms with E-state index >= 15 is 0 Å². The molecule has 0 bridgehead atoms. The van der Waals surface area contributed by atoms with Crippen LogP contribution >= 0.6 is 0 Å². The maximum Gasteiger partial charge on any atom is 0.353 e. The predicted octanol–water partition coefficient (Wildman–Crippen LogP) is 3.41. The van der Waals surface area contributed by atoms with Crippen LogP contribution < -0.4 is 9.62 Å². The van der Waals surface area contributed by atoms with Crippen LogP contribution in [0.4, 0.5) is 11.6 Å². The third kappa shape index (κ3) is 3.93. The second kappa shape index (κ2) is 10.00. The summed E-state index contributed by atoms with van der Waals surface area (Å²) in [6.45, 7) is 3.85. The summed E-state index contributed by atoms with van der Waals surface area (Å²) >= 11 is 0. The van der Waals surface area contributed by atoms with Gasteiger partial charge in [-0.2, -0.15) is 0 Å². The van der Waals surface area contributed by atoms with Gasteiger partial charge in [-0.3, -0.25) is 0 Å². The molecule has 190 valence electrons. The maximum atomic E-state index is 5.36. The molecule has 0 saturated carbocycles. The van der Waals surface area contributed by atoms with Crippen LogP contribution in [0.5, 0.6) is 0 Å². The van der Waals surface area contributed by atoms with Crippen molar-refractivity contribution in [3.8, 4) is 11.1 Å². The second-order valence-corrected chi connectivity index (χ2v) is 10.2. The van der Waals surface area contributed by atoms with E-state index in [0.717, 1.165) is 49.2 Å². The van der Waals surface area contributed by atoms with Gasteiger partial charge in [-0.1, -0.05) is 60.7 Å². The van der Waals surface area contributed by atoms with Gasteiger partial charge in [-0.15, -0.1) is 0 Å². The van der Waals surface area contributed by atoms with Gasteiger partial charge in [-0.05, 0) is 60.6 Å². The molecule has 2 aromatic heterocycles. The van der Waals surface area contributed by atoms with Crippen molar-refractivity contribution in [2.24, 2.45) is 0 Å². The van der Waals surface area contributed by atoms with Crippen LogP contribution in [0.25, 0.3) is 11.1 Å². The Balaban J connectivity index is 0.00000264. The van der Waals surface area contributed by atoms with Crippen LogP contribution in [-0.2, 0) is 26.5 Å². The smallest absolute Gasteiger partial charge is 0.353 e. The van der Waals surface area contributed by atoms with E-state index in [4.69, 9.17) is 9.97 Å². The summed E-state index contributed by atoms with van der Waals surface area (Å²) in [6, 6.07) is 30.4. The van der Waals surface area contributed by atoms with Gasteiger partial charge in [0.2, 0.25) is 0 Å². The first kappa shape index (κ1) is 25.4. The number of aromatic nitrogens is 2. The Bertz CT molecular complexity index is 1370. The van der Waals surface area contributed by atoms with Crippen molar-refractivity contribution < 1.29 is 21.1 Å². The molecular formula is C29H28B2N6Pt. The van der Waals surface area contributed by atoms with E-state index < -0.39 is 5.41 Å². The topological polar surface area (TPSA) is 38.7 Å². The Hall–Kier alpha value is -2.92. The Morgan fingerprint density at radius 1 is 0.579 bits per heavy atom. The minimum atomic E-state index is -0.615. The fourth-order valence-electron chi connectivity index (χ4n) is 6.09. The normalized spacial score (nSPS) is 17.9. The summed E-state index contributed by atoms with van der Waals surface area (Å²) in [4.78, 5) is 19.6. The monoisotopic (exact) mass is 677 g/mol. The van der Waals surface area contributed by atoms with Gasteiger partial charge in [0.15, 0.2) is 0 Å². The van der Waals surface area contributed by atoms with Crippen LogP contribution in [0.2, 0.25) is 0 Å². The average molecular weight is 677 g/mol. The molecule has 9 heteroatoms. The first-order valence-corrected chi connectivity index (χ1v) is 12.9. The number of nitrogens with zero attached hydrogens (tertiary/aromatic N) is 6. The van der Waals surface area contributed by atoms with Crippen LogP contribution in [0.1, 0.15) is 22.5 Å². The van der Waals surface area contributed by atoms with Crippen LogP contribution in [0.15, 0.2) is 84.9 Å². The van der Waals surface area contributed by atoms with Gasteiger partial charge in [0.25, 0.3) is 0 Å². The van der Waals surface area contributed by atoms with E-state index in [0.29, 0.717) is 0 Å². The molecule has 4 heterocycles. The number of hydrogen-bond acceptors (Lipinski definition) is 6.